The molecule has 4 heteroatoms. The lowest BCUT2D eigenvalue weighted by Crippen LogP contribution is -2.44. The van der Waals surface area contributed by atoms with Crippen molar-refractivity contribution in [2.45, 2.75) is 25.5 Å². The first-order valence-corrected chi connectivity index (χ1v) is 5.25. The molecule has 1 N–H and O–H groups in total. The molecule has 1 rings (SSSR count). The van der Waals surface area contributed by atoms with Crippen LogP contribution in [0, 0.1) is 0 Å². The Hall–Kier alpha value is -1.13. The van der Waals surface area contributed by atoms with E-state index in [9.17, 15) is 5.11 Å². The molecule has 1 unspecified atom stereocenters. The molecule has 0 fully saturated rings. The Morgan fingerprint density at radius 2 is 2.06 bits per heavy atom. The number of hydrogen-bond donors (Lipinski definition) is 1. The van der Waals surface area contributed by atoms with Crippen LogP contribution in [0.2, 0.25) is 0 Å². The van der Waals surface area contributed by atoms with E-state index in [2.05, 4.69) is 4.98 Å². The predicted molar refractivity (Wildman–Crippen MR) is 63.5 cm³/mol. The van der Waals surface area contributed by atoms with E-state index in [-0.39, 0.29) is 0 Å². The fourth-order valence-corrected chi connectivity index (χ4v) is 1.36. The second-order valence-corrected chi connectivity index (χ2v) is 4.54. The summed E-state index contributed by atoms with van der Waals surface area (Å²) in [5, 5.41) is 10.3. The summed E-state index contributed by atoms with van der Waals surface area (Å²) < 4.78 is 5.20. The average molecular weight is 224 g/mol. The molecule has 0 aliphatic heterocycles. The molecule has 1 atom stereocenters. The van der Waals surface area contributed by atoms with Crippen molar-refractivity contribution in [3.05, 3.63) is 24.0 Å². The van der Waals surface area contributed by atoms with Gasteiger partial charge in [-0.1, -0.05) is 0 Å². The van der Waals surface area contributed by atoms with Crippen LogP contribution in [0.25, 0.3) is 0 Å². The average Bonchev–Trinajstić information content (AvgIpc) is 2.27. The highest BCUT2D eigenvalue weighted by atomic mass is 16.5. The first kappa shape index (κ1) is 12.9. The monoisotopic (exact) mass is 224 g/mol. The van der Waals surface area contributed by atoms with E-state index < -0.39 is 11.6 Å². The summed E-state index contributed by atoms with van der Waals surface area (Å²) in [4.78, 5) is 6.16. The molecule has 1 heterocycles. The standard InChI is InChI=1S/C12H20N2O2/c1-12(2,14(3)4)11(15)10-9(16-5)7-6-8-13-10/h6-8,11,15H,1-5H3. The minimum absolute atomic E-state index is 0.401. The topological polar surface area (TPSA) is 45.6 Å². The van der Waals surface area contributed by atoms with Crippen molar-refractivity contribution < 1.29 is 9.84 Å². The number of pyridine rings is 1. The van der Waals surface area contributed by atoms with Gasteiger partial charge in [0.1, 0.15) is 17.5 Å². The zero-order valence-corrected chi connectivity index (χ0v) is 10.6. The normalized spacial score (nSPS) is 13.9. The van der Waals surface area contributed by atoms with Crippen LogP contribution in [0.1, 0.15) is 25.6 Å². The Balaban J connectivity index is 3.09. The number of aliphatic hydroxyl groups excluding tert-OH is 1. The molecule has 0 amide bonds. The molecule has 0 spiro atoms. The highest BCUT2D eigenvalue weighted by molar-refractivity contribution is 5.30. The lowest BCUT2D eigenvalue weighted by Gasteiger charge is -2.37. The Morgan fingerprint density at radius 1 is 1.44 bits per heavy atom. The molecule has 16 heavy (non-hydrogen) atoms. The van der Waals surface area contributed by atoms with Gasteiger partial charge in [0, 0.05) is 11.7 Å². The second kappa shape index (κ2) is 4.80. The lowest BCUT2D eigenvalue weighted by atomic mass is 9.92. The first-order chi connectivity index (χ1) is 7.41. The van der Waals surface area contributed by atoms with E-state index in [4.69, 9.17) is 4.74 Å². The van der Waals surface area contributed by atoms with Gasteiger partial charge < -0.3 is 14.7 Å². The van der Waals surface area contributed by atoms with Gasteiger partial charge in [-0.3, -0.25) is 4.98 Å². The van der Waals surface area contributed by atoms with Gasteiger partial charge in [0.25, 0.3) is 0 Å². The molecule has 1 aromatic heterocycles. The highest BCUT2D eigenvalue weighted by Gasteiger charge is 2.33. The minimum Gasteiger partial charge on any atom is -0.495 e. The quantitative estimate of drug-likeness (QED) is 0.841. The van der Waals surface area contributed by atoms with Crippen LogP contribution in [0.15, 0.2) is 18.3 Å². The van der Waals surface area contributed by atoms with Crippen LogP contribution in [-0.4, -0.2) is 41.7 Å². The van der Waals surface area contributed by atoms with Crippen LogP contribution >= 0.6 is 0 Å². The molecule has 0 saturated carbocycles. The fourth-order valence-electron chi connectivity index (χ4n) is 1.36. The fraction of sp³-hybridized carbons (Fsp3) is 0.583. The van der Waals surface area contributed by atoms with E-state index in [0.717, 1.165) is 0 Å². The molecule has 0 bridgehead atoms. The van der Waals surface area contributed by atoms with E-state index in [1.54, 1.807) is 25.4 Å². The van der Waals surface area contributed by atoms with Crippen molar-refractivity contribution in [3.63, 3.8) is 0 Å². The molecular formula is C12H20N2O2. The Morgan fingerprint density at radius 3 is 2.56 bits per heavy atom. The van der Waals surface area contributed by atoms with Crippen molar-refractivity contribution >= 4 is 0 Å². The molecule has 1 aromatic rings. The van der Waals surface area contributed by atoms with Crippen LogP contribution in [0.3, 0.4) is 0 Å². The van der Waals surface area contributed by atoms with Crippen molar-refractivity contribution in [2.24, 2.45) is 0 Å². The van der Waals surface area contributed by atoms with E-state index in [1.165, 1.54) is 0 Å². The number of rotatable bonds is 4. The van der Waals surface area contributed by atoms with Gasteiger partial charge >= 0.3 is 0 Å². The summed E-state index contributed by atoms with van der Waals surface area (Å²) in [6.07, 6.45) is 0.964. The summed E-state index contributed by atoms with van der Waals surface area (Å²) in [5.41, 5.74) is 0.172. The molecule has 0 radical (unpaired) electrons. The van der Waals surface area contributed by atoms with Gasteiger partial charge in [-0.15, -0.1) is 0 Å². The second-order valence-electron chi connectivity index (χ2n) is 4.54. The minimum atomic E-state index is -0.696. The van der Waals surface area contributed by atoms with Crippen LogP contribution in [0.4, 0.5) is 0 Å². The molecule has 0 aliphatic carbocycles. The number of likely N-dealkylation sites (N-methyl/N-ethyl adjacent to an activating group) is 1. The van der Waals surface area contributed by atoms with Gasteiger partial charge in [0.05, 0.1) is 7.11 Å². The van der Waals surface area contributed by atoms with Crippen molar-refractivity contribution in [2.75, 3.05) is 21.2 Å². The molecule has 4 nitrogen and oxygen atoms in total. The highest BCUT2D eigenvalue weighted by Crippen LogP contribution is 2.32. The smallest absolute Gasteiger partial charge is 0.143 e. The van der Waals surface area contributed by atoms with Crippen molar-refractivity contribution in [1.29, 1.82) is 0 Å². The largest absolute Gasteiger partial charge is 0.495 e. The van der Waals surface area contributed by atoms with Crippen LogP contribution in [-0.2, 0) is 0 Å². The number of nitrogens with zero attached hydrogens (tertiary/aromatic N) is 2. The van der Waals surface area contributed by atoms with E-state index in [0.29, 0.717) is 11.4 Å². The number of ether oxygens (including phenoxy) is 1. The number of aliphatic hydroxyl groups is 1. The van der Waals surface area contributed by atoms with Crippen molar-refractivity contribution in [1.82, 2.24) is 9.88 Å². The van der Waals surface area contributed by atoms with E-state index >= 15 is 0 Å². The van der Waals surface area contributed by atoms with Gasteiger partial charge in [0.2, 0.25) is 0 Å². The van der Waals surface area contributed by atoms with Gasteiger partial charge in [-0.05, 0) is 40.1 Å². The van der Waals surface area contributed by atoms with E-state index in [1.807, 2.05) is 32.8 Å². The molecule has 0 aromatic carbocycles. The third-order valence-electron chi connectivity index (χ3n) is 3.10. The van der Waals surface area contributed by atoms with Gasteiger partial charge in [-0.2, -0.15) is 0 Å². The Bertz CT molecular complexity index is 351. The molecule has 90 valence electrons. The number of methoxy groups -OCH3 is 1. The van der Waals surface area contributed by atoms with Gasteiger partial charge in [0.15, 0.2) is 0 Å². The summed E-state index contributed by atoms with van der Waals surface area (Å²) in [5.74, 6) is 0.616. The molecule has 0 aliphatic rings. The maximum atomic E-state index is 10.3. The number of hydrogen-bond acceptors (Lipinski definition) is 4. The Labute approximate surface area is 96.9 Å². The third kappa shape index (κ3) is 2.33. The molecular weight excluding hydrogens is 204 g/mol. The number of aromatic nitrogens is 1. The SMILES string of the molecule is COc1cccnc1C(O)C(C)(C)N(C)C. The van der Waals surface area contributed by atoms with Crippen LogP contribution in [0.5, 0.6) is 5.75 Å². The van der Waals surface area contributed by atoms with Crippen LogP contribution < -0.4 is 4.74 Å². The lowest BCUT2D eigenvalue weighted by molar-refractivity contribution is 0.0121. The summed E-state index contributed by atoms with van der Waals surface area (Å²) in [6.45, 7) is 3.93. The van der Waals surface area contributed by atoms with Gasteiger partial charge in [-0.25, -0.2) is 0 Å². The van der Waals surface area contributed by atoms with Crippen molar-refractivity contribution in [3.8, 4) is 5.75 Å². The first-order valence-electron chi connectivity index (χ1n) is 5.25. The summed E-state index contributed by atoms with van der Waals surface area (Å²) in [6, 6.07) is 3.59. The predicted octanol–water partition coefficient (Wildman–Crippen LogP) is 1.46. The summed E-state index contributed by atoms with van der Waals surface area (Å²) in [7, 11) is 5.44. The third-order valence-corrected chi connectivity index (χ3v) is 3.10. The Kier molecular flexibility index (Phi) is 3.88. The zero-order valence-electron chi connectivity index (χ0n) is 10.6. The maximum Gasteiger partial charge on any atom is 0.143 e. The molecule has 0 saturated heterocycles. The summed E-state index contributed by atoms with van der Waals surface area (Å²) >= 11 is 0. The maximum absolute atomic E-state index is 10.3. The zero-order chi connectivity index (χ0) is 12.3.